The van der Waals surface area contributed by atoms with Crippen molar-refractivity contribution in [2.45, 2.75) is 55.8 Å². The maximum Gasteiger partial charge on any atom is 0.416 e. The first kappa shape index (κ1) is 20.8. The Labute approximate surface area is 172 Å². The van der Waals surface area contributed by atoms with E-state index in [1.54, 1.807) is 7.05 Å². The number of amides is 3. The molecule has 0 spiro atoms. The van der Waals surface area contributed by atoms with Gasteiger partial charge in [-0.05, 0) is 30.9 Å². The number of imide groups is 1. The van der Waals surface area contributed by atoms with Gasteiger partial charge in [-0.1, -0.05) is 18.2 Å². The second-order valence-corrected chi connectivity index (χ2v) is 8.34. The number of rotatable bonds is 5. The summed E-state index contributed by atoms with van der Waals surface area (Å²) >= 11 is 0. The molecule has 0 aromatic heterocycles. The van der Waals surface area contributed by atoms with Gasteiger partial charge in [0.25, 0.3) is 0 Å². The van der Waals surface area contributed by atoms with Gasteiger partial charge in [-0.15, -0.1) is 0 Å². The molecule has 1 aromatic carbocycles. The van der Waals surface area contributed by atoms with Gasteiger partial charge in [0.2, 0.25) is 17.7 Å². The summed E-state index contributed by atoms with van der Waals surface area (Å²) in [6.07, 6.45) is -3.23. The summed E-state index contributed by atoms with van der Waals surface area (Å²) in [4.78, 5) is 41.8. The van der Waals surface area contributed by atoms with Crippen LogP contribution in [0.1, 0.15) is 43.2 Å². The highest BCUT2D eigenvalue weighted by atomic mass is 19.4. The highest BCUT2D eigenvalue weighted by Gasteiger charge is 2.57. The van der Waals surface area contributed by atoms with Gasteiger partial charge in [0, 0.05) is 32.5 Å². The van der Waals surface area contributed by atoms with Crippen LogP contribution in [0.3, 0.4) is 0 Å². The highest BCUT2D eigenvalue weighted by Crippen LogP contribution is 2.45. The summed E-state index contributed by atoms with van der Waals surface area (Å²) in [6.45, 7) is 0.897. The lowest BCUT2D eigenvalue weighted by Crippen LogP contribution is -2.45. The minimum Gasteiger partial charge on any atom is -0.379 e. The number of hydrogen-bond donors (Lipinski definition) is 0. The molecule has 4 rings (SSSR count). The molecular formula is C21H23F3N2O4. The molecule has 2 atom stereocenters. The average Bonchev–Trinajstić information content (AvgIpc) is 3.29. The standard InChI is InChI=1S/C21H23F3N2O4/c1-25(16-7-8-30-12-16)17(27)10-20(11-18(28)26(19(20)29)15-5-6-15)13-3-2-4-14(9-13)21(22,23)24/h2-4,9,15-16H,5-8,10-12H2,1H3/t16-,20-/m0/s1. The van der Waals surface area contributed by atoms with Gasteiger partial charge in [0.15, 0.2) is 0 Å². The topological polar surface area (TPSA) is 66.9 Å². The molecule has 6 nitrogen and oxygen atoms in total. The van der Waals surface area contributed by atoms with E-state index in [-0.39, 0.29) is 36.4 Å². The molecule has 0 N–H and O–H groups in total. The van der Waals surface area contributed by atoms with E-state index in [0.29, 0.717) is 32.5 Å². The van der Waals surface area contributed by atoms with Crippen LogP contribution in [0.4, 0.5) is 13.2 Å². The number of carbonyl (C=O) groups is 3. The minimum absolute atomic E-state index is 0.0586. The van der Waals surface area contributed by atoms with E-state index in [0.717, 1.165) is 17.0 Å². The zero-order valence-corrected chi connectivity index (χ0v) is 16.6. The summed E-state index contributed by atoms with van der Waals surface area (Å²) in [5.41, 5.74) is -2.47. The monoisotopic (exact) mass is 424 g/mol. The van der Waals surface area contributed by atoms with Gasteiger partial charge in [-0.25, -0.2) is 0 Å². The number of carbonyl (C=O) groups excluding carboxylic acids is 3. The number of hydrogen-bond acceptors (Lipinski definition) is 4. The number of alkyl halides is 3. The second-order valence-electron chi connectivity index (χ2n) is 8.34. The molecule has 3 aliphatic rings. The zero-order chi connectivity index (χ0) is 21.7. The van der Waals surface area contributed by atoms with Gasteiger partial charge in [0.05, 0.1) is 23.6 Å². The predicted molar refractivity (Wildman–Crippen MR) is 99.2 cm³/mol. The summed E-state index contributed by atoms with van der Waals surface area (Å²) in [6, 6.07) is 4.07. The fourth-order valence-electron chi connectivity index (χ4n) is 4.34. The van der Waals surface area contributed by atoms with Crippen LogP contribution in [-0.4, -0.2) is 59.9 Å². The van der Waals surface area contributed by atoms with E-state index in [1.165, 1.54) is 17.0 Å². The molecular weight excluding hydrogens is 401 g/mol. The number of likely N-dealkylation sites (N-methyl/N-ethyl adjacent to an activating group) is 1. The molecule has 1 saturated carbocycles. The third kappa shape index (κ3) is 3.59. The number of ether oxygens (including phenoxy) is 1. The molecule has 2 heterocycles. The Balaban J connectivity index is 1.72. The summed E-state index contributed by atoms with van der Waals surface area (Å²) < 4.78 is 45.2. The first-order chi connectivity index (χ1) is 14.1. The Morgan fingerprint density at radius 3 is 2.60 bits per heavy atom. The van der Waals surface area contributed by atoms with Crippen molar-refractivity contribution in [3.8, 4) is 0 Å². The maximum atomic E-state index is 13.4. The van der Waals surface area contributed by atoms with Gasteiger partial charge in [-0.2, -0.15) is 13.2 Å². The molecule has 3 fully saturated rings. The van der Waals surface area contributed by atoms with E-state index in [9.17, 15) is 27.6 Å². The SMILES string of the molecule is CN(C(=O)C[C@@]1(c2cccc(C(F)(F)F)c2)CC(=O)N(C2CC2)C1=O)[C@H]1CCOC1. The van der Waals surface area contributed by atoms with Gasteiger partial charge >= 0.3 is 6.18 Å². The Hall–Kier alpha value is -2.42. The predicted octanol–water partition coefficient (Wildman–Crippen LogP) is 2.50. The molecule has 2 saturated heterocycles. The number of likely N-dealkylation sites (tertiary alicyclic amines) is 1. The first-order valence-corrected chi connectivity index (χ1v) is 10.0. The number of nitrogens with zero attached hydrogens (tertiary/aromatic N) is 2. The quantitative estimate of drug-likeness (QED) is 0.682. The summed E-state index contributed by atoms with van der Waals surface area (Å²) in [5, 5.41) is 0. The summed E-state index contributed by atoms with van der Waals surface area (Å²) in [7, 11) is 1.60. The van der Waals surface area contributed by atoms with Crippen molar-refractivity contribution in [1.82, 2.24) is 9.80 Å². The van der Waals surface area contributed by atoms with Crippen LogP contribution in [0, 0.1) is 0 Å². The van der Waals surface area contributed by atoms with Crippen molar-refractivity contribution in [2.75, 3.05) is 20.3 Å². The molecule has 162 valence electrons. The molecule has 0 unspecified atom stereocenters. The van der Waals surface area contributed by atoms with Crippen molar-refractivity contribution in [1.29, 1.82) is 0 Å². The van der Waals surface area contributed by atoms with Crippen LogP contribution in [0.25, 0.3) is 0 Å². The fourth-order valence-corrected chi connectivity index (χ4v) is 4.34. The highest BCUT2D eigenvalue weighted by molar-refractivity contribution is 6.11. The molecule has 0 radical (unpaired) electrons. The Kier molecular flexibility index (Phi) is 5.12. The molecule has 1 aliphatic carbocycles. The van der Waals surface area contributed by atoms with Crippen LogP contribution >= 0.6 is 0 Å². The first-order valence-electron chi connectivity index (χ1n) is 10.0. The second kappa shape index (κ2) is 7.37. The Bertz CT molecular complexity index is 877. The third-order valence-corrected chi connectivity index (χ3v) is 6.30. The van der Waals surface area contributed by atoms with Gasteiger partial charge in [0.1, 0.15) is 0 Å². The fraction of sp³-hybridized carbons (Fsp3) is 0.571. The van der Waals surface area contributed by atoms with E-state index >= 15 is 0 Å². The van der Waals surface area contributed by atoms with E-state index < -0.39 is 29.0 Å². The van der Waals surface area contributed by atoms with Crippen molar-refractivity contribution in [3.05, 3.63) is 35.4 Å². The van der Waals surface area contributed by atoms with Crippen LogP contribution in [0.15, 0.2) is 24.3 Å². The lowest BCUT2D eigenvalue weighted by atomic mass is 9.75. The molecule has 30 heavy (non-hydrogen) atoms. The normalized spacial score (nSPS) is 27.1. The molecule has 9 heteroatoms. The van der Waals surface area contributed by atoms with E-state index in [1.807, 2.05) is 0 Å². The molecule has 1 aromatic rings. The van der Waals surface area contributed by atoms with Gasteiger partial charge < -0.3 is 9.64 Å². The smallest absolute Gasteiger partial charge is 0.379 e. The summed E-state index contributed by atoms with van der Waals surface area (Å²) in [5.74, 6) is -1.39. The molecule has 3 amide bonds. The van der Waals surface area contributed by atoms with Gasteiger partial charge in [-0.3, -0.25) is 19.3 Å². The number of halogens is 3. The number of benzene rings is 1. The Morgan fingerprint density at radius 1 is 1.27 bits per heavy atom. The van der Waals surface area contributed by atoms with Crippen molar-refractivity contribution < 1.29 is 32.3 Å². The van der Waals surface area contributed by atoms with Crippen molar-refractivity contribution in [3.63, 3.8) is 0 Å². The van der Waals surface area contributed by atoms with Crippen LogP contribution in [-0.2, 0) is 30.7 Å². The lowest BCUT2D eigenvalue weighted by Gasteiger charge is -2.31. The third-order valence-electron chi connectivity index (χ3n) is 6.30. The van der Waals surface area contributed by atoms with Crippen LogP contribution < -0.4 is 0 Å². The lowest BCUT2D eigenvalue weighted by molar-refractivity contribution is -0.143. The largest absolute Gasteiger partial charge is 0.416 e. The molecule has 0 bridgehead atoms. The maximum absolute atomic E-state index is 13.4. The van der Waals surface area contributed by atoms with Crippen LogP contribution in [0.2, 0.25) is 0 Å². The average molecular weight is 424 g/mol. The van der Waals surface area contributed by atoms with Crippen molar-refractivity contribution in [2.24, 2.45) is 0 Å². The van der Waals surface area contributed by atoms with Crippen LogP contribution in [0.5, 0.6) is 0 Å². The zero-order valence-electron chi connectivity index (χ0n) is 16.6. The van der Waals surface area contributed by atoms with E-state index in [2.05, 4.69) is 0 Å². The Morgan fingerprint density at radius 2 is 2.00 bits per heavy atom. The minimum atomic E-state index is -4.60. The van der Waals surface area contributed by atoms with Crippen molar-refractivity contribution >= 4 is 17.7 Å². The van der Waals surface area contributed by atoms with E-state index in [4.69, 9.17) is 4.74 Å². The molecule has 2 aliphatic heterocycles.